The zero-order chi connectivity index (χ0) is 13.8. The van der Waals surface area contributed by atoms with Crippen LogP contribution in [-0.2, 0) is 6.54 Å². The summed E-state index contributed by atoms with van der Waals surface area (Å²) in [6.07, 6.45) is 5.54. The molecule has 1 saturated heterocycles. The molecular weight excluding hydrogens is 308 g/mol. The molecule has 5 nitrogen and oxygen atoms in total. The van der Waals surface area contributed by atoms with Crippen LogP contribution in [0, 0.1) is 5.92 Å². The summed E-state index contributed by atoms with van der Waals surface area (Å²) < 4.78 is 1.98. The van der Waals surface area contributed by atoms with E-state index in [0.717, 1.165) is 38.2 Å². The van der Waals surface area contributed by atoms with Crippen LogP contribution >= 0.6 is 15.9 Å². The fraction of sp³-hybridized carbons (Fsp3) is 0.538. The number of hydrogen-bond acceptors (Lipinski definition) is 4. The first-order valence-electron chi connectivity index (χ1n) is 6.49. The van der Waals surface area contributed by atoms with E-state index < -0.39 is 0 Å². The molecule has 19 heavy (non-hydrogen) atoms. The van der Waals surface area contributed by atoms with Crippen molar-refractivity contribution in [2.24, 2.45) is 11.7 Å². The van der Waals surface area contributed by atoms with Gasteiger partial charge in [0.1, 0.15) is 4.47 Å². The number of anilines is 1. The minimum atomic E-state index is -0.113. The zero-order valence-electron chi connectivity index (χ0n) is 10.9. The van der Waals surface area contributed by atoms with Crippen LogP contribution in [0.2, 0.25) is 0 Å². The summed E-state index contributed by atoms with van der Waals surface area (Å²) in [6.45, 7) is 6.63. The average Bonchev–Trinajstić information content (AvgIpc) is 2.45. The summed E-state index contributed by atoms with van der Waals surface area (Å²) in [7, 11) is 0. The van der Waals surface area contributed by atoms with Crippen LogP contribution in [0.4, 0.5) is 5.69 Å². The Morgan fingerprint density at radius 3 is 2.79 bits per heavy atom. The lowest BCUT2D eigenvalue weighted by Crippen LogP contribution is -2.37. The number of halogens is 1. The van der Waals surface area contributed by atoms with E-state index in [9.17, 15) is 4.79 Å². The Morgan fingerprint density at radius 2 is 2.21 bits per heavy atom. The minimum Gasteiger partial charge on any atom is -0.369 e. The SMILES string of the molecule is C=CCn1ncc(N2CCC(CN)CC2)c(Br)c1=O. The van der Waals surface area contributed by atoms with Gasteiger partial charge < -0.3 is 10.6 Å². The van der Waals surface area contributed by atoms with Gasteiger partial charge in [0, 0.05) is 13.1 Å². The van der Waals surface area contributed by atoms with Gasteiger partial charge in [-0.15, -0.1) is 6.58 Å². The molecule has 0 bridgehead atoms. The van der Waals surface area contributed by atoms with Crippen molar-refractivity contribution < 1.29 is 0 Å². The van der Waals surface area contributed by atoms with E-state index in [0.29, 0.717) is 16.9 Å². The van der Waals surface area contributed by atoms with E-state index in [-0.39, 0.29) is 5.56 Å². The molecule has 2 heterocycles. The summed E-state index contributed by atoms with van der Waals surface area (Å²) in [5.74, 6) is 0.601. The highest BCUT2D eigenvalue weighted by molar-refractivity contribution is 9.10. The van der Waals surface area contributed by atoms with Gasteiger partial charge >= 0.3 is 0 Å². The van der Waals surface area contributed by atoms with Crippen molar-refractivity contribution in [2.45, 2.75) is 19.4 Å². The second-order valence-corrected chi connectivity index (χ2v) is 5.58. The molecule has 0 aromatic carbocycles. The highest BCUT2D eigenvalue weighted by Gasteiger charge is 2.21. The number of nitrogens with zero attached hydrogens (tertiary/aromatic N) is 3. The smallest absolute Gasteiger partial charge is 0.283 e. The van der Waals surface area contributed by atoms with Crippen molar-refractivity contribution in [3.8, 4) is 0 Å². The van der Waals surface area contributed by atoms with E-state index in [1.165, 1.54) is 4.68 Å². The van der Waals surface area contributed by atoms with Crippen molar-refractivity contribution in [1.29, 1.82) is 0 Å². The van der Waals surface area contributed by atoms with Gasteiger partial charge in [0.05, 0.1) is 18.4 Å². The third-order valence-corrected chi connectivity index (χ3v) is 4.30. The van der Waals surface area contributed by atoms with Crippen LogP contribution < -0.4 is 16.2 Å². The predicted molar refractivity (Wildman–Crippen MR) is 80.4 cm³/mol. The van der Waals surface area contributed by atoms with Crippen LogP contribution in [0.25, 0.3) is 0 Å². The Kier molecular flexibility index (Phi) is 4.76. The van der Waals surface area contributed by atoms with Gasteiger partial charge in [0.15, 0.2) is 0 Å². The minimum absolute atomic E-state index is 0.113. The Hall–Kier alpha value is -1.14. The molecule has 1 fully saturated rings. The van der Waals surface area contributed by atoms with Crippen LogP contribution in [0.1, 0.15) is 12.8 Å². The second kappa shape index (κ2) is 6.34. The Bertz CT molecular complexity index is 506. The van der Waals surface area contributed by atoms with E-state index in [1.807, 2.05) is 0 Å². The molecule has 1 aliphatic rings. The molecule has 6 heteroatoms. The van der Waals surface area contributed by atoms with E-state index in [2.05, 4.69) is 32.5 Å². The van der Waals surface area contributed by atoms with Gasteiger partial charge in [0.2, 0.25) is 0 Å². The van der Waals surface area contributed by atoms with E-state index in [1.54, 1.807) is 12.3 Å². The monoisotopic (exact) mass is 326 g/mol. The van der Waals surface area contributed by atoms with Crippen LogP contribution in [-0.4, -0.2) is 29.4 Å². The summed E-state index contributed by atoms with van der Waals surface area (Å²) in [4.78, 5) is 14.3. The molecule has 0 aliphatic carbocycles. The van der Waals surface area contributed by atoms with Gasteiger partial charge in [-0.05, 0) is 41.2 Å². The summed E-state index contributed by atoms with van der Waals surface area (Å²) >= 11 is 3.39. The molecule has 2 rings (SSSR count). The van der Waals surface area contributed by atoms with Gasteiger partial charge in [0.25, 0.3) is 5.56 Å². The van der Waals surface area contributed by atoms with E-state index in [4.69, 9.17) is 5.73 Å². The number of piperidine rings is 1. The van der Waals surface area contributed by atoms with Gasteiger partial charge in [-0.1, -0.05) is 6.08 Å². The van der Waals surface area contributed by atoms with Crippen LogP contribution in [0.15, 0.2) is 28.1 Å². The van der Waals surface area contributed by atoms with Crippen molar-refractivity contribution in [3.63, 3.8) is 0 Å². The average molecular weight is 327 g/mol. The molecule has 0 saturated carbocycles. The summed E-state index contributed by atoms with van der Waals surface area (Å²) in [6, 6.07) is 0. The molecule has 1 aromatic rings. The molecule has 0 radical (unpaired) electrons. The molecular formula is C13H19BrN4O. The van der Waals surface area contributed by atoms with Gasteiger partial charge in [-0.3, -0.25) is 4.79 Å². The van der Waals surface area contributed by atoms with Crippen molar-refractivity contribution in [3.05, 3.63) is 33.7 Å². The van der Waals surface area contributed by atoms with Crippen LogP contribution in [0.5, 0.6) is 0 Å². The summed E-state index contributed by atoms with van der Waals surface area (Å²) in [5.41, 5.74) is 6.45. The lowest BCUT2D eigenvalue weighted by Gasteiger charge is -2.33. The van der Waals surface area contributed by atoms with Gasteiger partial charge in [-0.25, -0.2) is 4.68 Å². The quantitative estimate of drug-likeness (QED) is 0.849. The Morgan fingerprint density at radius 1 is 1.53 bits per heavy atom. The number of nitrogens with two attached hydrogens (primary N) is 1. The predicted octanol–water partition coefficient (Wildman–Crippen LogP) is 1.37. The highest BCUT2D eigenvalue weighted by Crippen LogP contribution is 2.26. The third-order valence-electron chi connectivity index (χ3n) is 3.56. The van der Waals surface area contributed by atoms with E-state index >= 15 is 0 Å². The molecule has 0 amide bonds. The second-order valence-electron chi connectivity index (χ2n) is 4.79. The molecule has 1 aliphatic heterocycles. The first kappa shape index (κ1) is 14.3. The van der Waals surface area contributed by atoms with Crippen molar-refractivity contribution >= 4 is 21.6 Å². The zero-order valence-corrected chi connectivity index (χ0v) is 12.5. The molecule has 104 valence electrons. The standard InChI is InChI=1S/C13H19BrN4O/c1-2-5-18-13(19)12(14)11(9-16-18)17-6-3-10(8-15)4-7-17/h2,9-10H,1,3-8,15H2. The largest absolute Gasteiger partial charge is 0.369 e. The maximum Gasteiger partial charge on any atom is 0.283 e. The summed E-state index contributed by atoms with van der Waals surface area (Å²) in [5, 5.41) is 4.18. The Labute approximate surface area is 121 Å². The Balaban J connectivity index is 2.20. The van der Waals surface area contributed by atoms with Crippen molar-refractivity contribution in [2.75, 3.05) is 24.5 Å². The first-order valence-corrected chi connectivity index (χ1v) is 7.28. The molecule has 2 N–H and O–H groups in total. The van der Waals surface area contributed by atoms with Crippen molar-refractivity contribution in [1.82, 2.24) is 9.78 Å². The molecule has 0 atom stereocenters. The molecule has 0 unspecified atom stereocenters. The number of rotatable bonds is 4. The normalized spacial score (nSPS) is 16.6. The lowest BCUT2D eigenvalue weighted by atomic mass is 9.97. The number of hydrogen-bond donors (Lipinski definition) is 1. The lowest BCUT2D eigenvalue weighted by molar-refractivity contribution is 0.413. The van der Waals surface area contributed by atoms with Crippen LogP contribution in [0.3, 0.4) is 0 Å². The molecule has 1 aromatic heterocycles. The number of allylic oxidation sites excluding steroid dienone is 1. The third kappa shape index (κ3) is 3.06. The fourth-order valence-electron chi connectivity index (χ4n) is 2.34. The maximum atomic E-state index is 12.1. The topological polar surface area (TPSA) is 64.2 Å². The maximum absolute atomic E-state index is 12.1. The fourth-order valence-corrected chi connectivity index (χ4v) is 2.90. The highest BCUT2D eigenvalue weighted by atomic mass is 79.9. The molecule has 0 spiro atoms. The first-order chi connectivity index (χ1) is 9.17. The number of aromatic nitrogens is 2. The van der Waals surface area contributed by atoms with Gasteiger partial charge in [-0.2, -0.15) is 5.10 Å².